The van der Waals surface area contributed by atoms with Crippen molar-refractivity contribution in [3.63, 3.8) is 0 Å². The molecule has 0 heterocycles. The van der Waals surface area contributed by atoms with E-state index >= 15 is 0 Å². The second-order valence-electron chi connectivity index (χ2n) is 4.13. The summed E-state index contributed by atoms with van der Waals surface area (Å²) < 4.78 is 14.0. The van der Waals surface area contributed by atoms with Crippen molar-refractivity contribution in [3.8, 4) is 0 Å². The van der Waals surface area contributed by atoms with E-state index in [1.807, 2.05) is 0 Å². The van der Waals surface area contributed by atoms with Gasteiger partial charge in [0.25, 0.3) is 0 Å². The Morgan fingerprint density at radius 1 is 1.38 bits per heavy atom. The van der Waals surface area contributed by atoms with Crippen LogP contribution in [0.15, 0.2) is 29.3 Å². The highest BCUT2D eigenvalue weighted by atomic mass is 19.1. The molecule has 0 atom stereocenters. The van der Waals surface area contributed by atoms with Gasteiger partial charge < -0.3 is 0 Å². The fraction of sp³-hybridized carbons (Fsp3) is 0.385. The van der Waals surface area contributed by atoms with E-state index in [4.69, 9.17) is 5.41 Å². The zero-order chi connectivity index (χ0) is 11.6. The van der Waals surface area contributed by atoms with Crippen molar-refractivity contribution >= 4 is 12.1 Å². The smallest absolute Gasteiger partial charge is 0.151 e. The summed E-state index contributed by atoms with van der Waals surface area (Å²) in [6.07, 6.45) is 3.79. The number of nitrogens with zero attached hydrogens (tertiary/aromatic N) is 1. The maximum Gasteiger partial charge on any atom is 0.151 e. The number of halogens is 1. The van der Waals surface area contributed by atoms with Crippen molar-refractivity contribution in [2.45, 2.75) is 31.9 Å². The predicted octanol–water partition coefficient (Wildman–Crippen LogP) is 3.45. The van der Waals surface area contributed by atoms with Crippen LogP contribution in [-0.4, -0.2) is 12.1 Å². The minimum atomic E-state index is -1.12. The third-order valence-electron chi connectivity index (χ3n) is 3.08. The van der Waals surface area contributed by atoms with Crippen LogP contribution in [0.25, 0.3) is 0 Å². The maximum absolute atomic E-state index is 14.0. The number of hydrogen-bond acceptors (Lipinski definition) is 1. The van der Waals surface area contributed by atoms with Crippen molar-refractivity contribution in [2.24, 2.45) is 4.99 Å². The molecule has 1 aliphatic rings. The average molecular weight is 218 g/mol. The van der Waals surface area contributed by atoms with E-state index in [1.54, 1.807) is 37.4 Å². The lowest BCUT2D eigenvalue weighted by atomic mass is 9.77. The van der Waals surface area contributed by atoms with E-state index in [-0.39, 0.29) is 5.84 Å². The topological polar surface area (TPSA) is 36.2 Å². The van der Waals surface area contributed by atoms with E-state index in [0.717, 1.165) is 17.5 Å². The summed E-state index contributed by atoms with van der Waals surface area (Å²) >= 11 is 0. The standard InChI is InChI=1S/C13H15FN2/c1-2-16-12(15)10-4-6-11(7-5-10)13(14)8-3-9-13/h2,4-7,15H,3,8-9H2,1H3. The molecule has 0 bridgehead atoms. The maximum atomic E-state index is 14.0. The van der Waals surface area contributed by atoms with Crippen LogP contribution < -0.4 is 0 Å². The van der Waals surface area contributed by atoms with E-state index in [1.165, 1.54) is 0 Å². The van der Waals surface area contributed by atoms with Crippen molar-refractivity contribution in [3.05, 3.63) is 35.4 Å². The van der Waals surface area contributed by atoms with Gasteiger partial charge in [-0.05, 0) is 31.7 Å². The first-order valence-corrected chi connectivity index (χ1v) is 5.53. The molecule has 0 amide bonds. The lowest BCUT2D eigenvalue weighted by Gasteiger charge is -2.34. The monoisotopic (exact) mass is 218 g/mol. The first kappa shape index (κ1) is 11.0. The molecule has 84 valence electrons. The molecule has 1 N–H and O–H groups in total. The molecule has 0 aliphatic heterocycles. The van der Waals surface area contributed by atoms with Crippen LogP contribution in [0, 0.1) is 5.41 Å². The molecule has 1 fully saturated rings. The van der Waals surface area contributed by atoms with Crippen LogP contribution in [0.4, 0.5) is 4.39 Å². The van der Waals surface area contributed by atoms with Crippen LogP contribution >= 0.6 is 0 Å². The lowest BCUT2D eigenvalue weighted by molar-refractivity contribution is 0.0609. The fourth-order valence-electron chi connectivity index (χ4n) is 1.91. The highest BCUT2D eigenvalue weighted by Crippen LogP contribution is 2.44. The van der Waals surface area contributed by atoms with Gasteiger partial charge in [-0.2, -0.15) is 0 Å². The summed E-state index contributed by atoms with van der Waals surface area (Å²) in [5.41, 5.74) is 0.343. The van der Waals surface area contributed by atoms with Gasteiger partial charge in [-0.3, -0.25) is 5.41 Å². The predicted molar refractivity (Wildman–Crippen MR) is 64.1 cm³/mol. The van der Waals surface area contributed by atoms with Crippen molar-refractivity contribution in [2.75, 3.05) is 0 Å². The average Bonchev–Trinajstić information content (AvgIpc) is 2.26. The number of alkyl halides is 1. The minimum absolute atomic E-state index is 0.218. The van der Waals surface area contributed by atoms with Gasteiger partial charge in [0.2, 0.25) is 0 Å². The van der Waals surface area contributed by atoms with Gasteiger partial charge in [-0.15, -0.1) is 0 Å². The largest absolute Gasteiger partial charge is 0.282 e. The van der Waals surface area contributed by atoms with Gasteiger partial charge in [0.05, 0.1) is 0 Å². The summed E-state index contributed by atoms with van der Waals surface area (Å²) in [5, 5.41) is 7.62. The lowest BCUT2D eigenvalue weighted by Crippen LogP contribution is -2.28. The summed E-state index contributed by atoms with van der Waals surface area (Å²) in [4.78, 5) is 3.89. The van der Waals surface area contributed by atoms with Crippen LogP contribution in [0.3, 0.4) is 0 Å². The molecular weight excluding hydrogens is 203 g/mol. The van der Waals surface area contributed by atoms with E-state index in [9.17, 15) is 4.39 Å². The summed E-state index contributed by atoms with van der Waals surface area (Å²) in [6, 6.07) is 7.08. The molecule has 0 aromatic heterocycles. The Hall–Kier alpha value is -1.51. The Morgan fingerprint density at radius 3 is 2.44 bits per heavy atom. The Bertz CT molecular complexity index is 416. The van der Waals surface area contributed by atoms with Crippen LogP contribution in [-0.2, 0) is 5.67 Å². The number of rotatable bonds is 2. The van der Waals surface area contributed by atoms with Gasteiger partial charge >= 0.3 is 0 Å². The number of aliphatic imine (C=N–C) groups is 1. The highest BCUT2D eigenvalue weighted by molar-refractivity contribution is 6.00. The first-order chi connectivity index (χ1) is 7.65. The van der Waals surface area contributed by atoms with Gasteiger partial charge in [0, 0.05) is 11.8 Å². The molecular formula is C13H15FN2. The van der Waals surface area contributed by atoms with Gasteiger partial charge in [0.1, 0.15) is 5.67 Å². The molecule has 3 heteroatoms. The molecule has 1 aliphatic carbocycles. The number of benzene rings is 1. The quantitative estimate of drug-likeness (QED) is 0.583. The molecule has 0 unspecified atom stereocenters. The molecule has 2 nitrogen and oxygen atoms in total. The van der Waals surface area contributed by atoms with Crippen LogP contribution in [0.1, 0.15) is 37.3 Å². The summed E-state index contributed by atoms with van der Waals surface area (Å²) in [5.74, 6) is 0.218. The van der Waals surface area contributed by atoms with Gasteiger partial charge in [-0.25, -0.2) is 9.38 Å². The van der Waals surface area contributed by atoms with Crippen LogP contribution in [0.5, 0.6) is 0 Å². The van der Waals surface area contributed by atoms with Gasteiger partial charge in [-0.1, -0.05) is 24.3 Å². The van der Waals surface area contributed by atoms with Crippen molar-refractivity contribution in [1.29, 1.82) is 5.41 Å². The Morgan fingerprint density at radius 2 is 2.00 bits per heavy atom. The number of amidine groups is 1. The first-order valence-electron chi connectivity index (χ1n) is 5.53. The third kappa shape index (κ3) is 1.90. The van der Waals surface area contributed by atoms with Crippen LogP contribution in [0.2, 0.25) is 0 Å². The van der Waals surface area contributed by atoms with E-state index < -0.39 is 5.67 Å². The van der Waals surface area contributed by atoms with E-state index in [0.29, 0.717) is 12.8 Å². The van der Waals surface area contributed by atoms with Gasteiger partial charge in [0.15, 0.2) is 5.84 Å². The fourth-order valence-corrected chi connectivity index (χ4v) is 1.91. The Balaban J connectivity index is 2.19. The highest BCUT2D eigenvalue weighted by Gasteiger charge is 2.38. The molecule has 1 saturated carbocycles. The Kier molecular flexibility index (Phi) is 2.86. The molecule has 0 spiro atoms. The normalized spacial score (nSPS) is 18.4. The Labute approximate surface area is 94.7 Å². The second-order valence-corrected chi connectivity index (χ2v) is 4.13. The molecule has 0 radical (unpaired) electrons. The molecule has 1 aromatic rings. The SMILES string of the molecule is CC=NC(=N)c1ccc(C2(F)CCC2)cc1. The summed E-state index contributed by atoms with van der Waals surface area (Å²) in [7, 11) is 0. The molecule has 1 aromatic carbocycles. The van der Waals surface area contributed by atoms with Crippen molar-refractivity contribution < 1.29 is 4.39 Å². The number of hydrogen-bond donors (Lipinski definition) is 1. The molecule has 0 saturated heterocycles. The summed E-state index contributed by atoms with van der Waals surface area (Å²) in [6.45, 7) is 1.77. The second kappa shape index (κ2) is 4.16. The zero-order valence-electron chi connectivity index (χ0n) is 9.33. The molecule has 2 rings (SSSR count). The molecule has 16 heavy (non-hydrogen) atoms. The number of nitrogens with one attached hydrogen (secondary N) is 1. The third-order valence-corrected chi connectivity index (χ3v) is 3.08. The zero-order valence-corrected chi connectivity index (χ0v) is 9.33. The van der Waals surface area contributed by atoms with E-state index in [2.05, 4.69) is 4.99 Å². The minimum Gasteiger partial charge on any atom is -0.282 e. The van der Waals surface area contributed by atoms with Crippen molar-refractivity contribution in [1.82, 2.24) is 0 Å².